The fourth-order valence-corrected chi connectivity index (χ4v) is 4.57. The van der Waals surface area contributed by atoms with E-state index in [0.29, 0.717) is 23.1 Å². The van der Waals surface area contributed by atoms with Gasteiger partial charge in [-0.1, -0.05) is 60.2 Å². The number of phenolic OH excluding ortho intramolecular Hbond substituents is 2. The van der Waals surface area contributed by atoms with Crippen molar-refractivity contribution in [2.75, 3.05) is 0 Å². The molecule has 5 rings (SSSR count). The highest BCUT2D eigenvalue weighted by molar-refractivity contribution is 5.90. The Bertz CT molecular complexity index is 1580. The molecule has 0 radical (unpaired) electrons. The molecule has 0 spiro atoms. The van der Waals surface area contributed by atoms with Crippen molar-refractivity contribution in [3.8, 4) is 22.6 Å². The summed E-state index contributed by atoms with van der Waals surface area (Å²) in [6.07, 6.45) is 3.65. The molecule has 8 nitrogen and oxygen atoms in total. The summed E-state index contributed by atoms with van der Waals surface area (Å²) < 4.78 is 0. The number of hydrogen-bond donors (Lipinski definition) is 4. The molecule has 1 aliphatic heterocycles. The standard InChI is InChI=1S/C30H25N3O5/c1-18-8-10-19(11-9-18)16-26-27-20(14-15-33(26)38)12-13-25(29(27)35)32-31-24-7-3-6-23(28(24)34)21-4-2-5-22(17-21)30(36)37/h2-15,17,26,33-35H,16H2,1H3,(H,36,37). The second-order valence-corrected chi connectivity index (χ2v) is 9.17. The zero-order chi connectivity index (χ0) is 26.8. The number of hydrogen-bond acceptors (Lipinski definition) is 6. The molecule has 0 amide bonds. The molecule has 0 saturated heterocycles. The SMILES string of the molecule is Cc1ccc(CC2c3c(ccc(N=Nc4cccc(-c5cccc(C(=O)O)c5)c4O)c3O)C=C[NH+]2[O-])cc1. The number of nitrogens with one attached hydrogen (secondary N) is 1. The molecule has 0 aromatic heterocycles. The van der Waals surface area contributed by atoms with Gasteiger partial charge in [0.15, 0.2) is 11.5 Å². The predicted molar refractivity (Wildman–Crippen MR) is 144 cm³/mol. The van der Waals surface area contributed by atoms with Gasteiger partial charge in [0.05, 0.1) is 17.3 Å². The van der Waals surface area contributed by atoms with Crippen molar-refractivity contribution in [1.82, 2.24) is 0 Å². The highest BCUT2D eigenvalue weighted by atomic mass is 16.5. The summed E-state index contributed by atoms with van der Waals surface area (Å²) in [5.74, 6) is -1.38. The minimum atomic E-state index is -1.07. The molecule has 0 aliphatic carbocycles. The van der Waals surface area contributed by atoms with E-state index < -0.39 is 12.0 Å². The Balaban J connectivity index is 1.48. The van der Waals surface area contributed by atoms with Crippen LogP contribution in [0, 0.1) is 12.1 Å². The number of para-hydroxylation sites is 1. The zero-order valence-electron chi connectivity index (χ0n) is 20.5. The number of carbonyl (C=O) groups is 1. The lowest BCUT2D eigenvalue weighted by Gasteiger charge is -2.33. The Morgan fingerprint density at radius 3 is 2.37 bits per heavy atom. The number of aromatic carboxylic acids is 1. The van der Waals surface area contributed by atoms with E-state index in [1.54, 1.807) is 48.5 Å². The maximum absolute atomic E-state index is 12.8. The van der Waals surface area contributed by atoms with Crippen molar-refractivity contribution in [2.45, 2.75) is 19.4 Å². The average Bonchev–Trinajstić information content (AvgIpc) is 2.92. The van der Waals surface area contributed by atoms with Crippen molar-refractivity contribution in [3.63, 3.8) is 0 Å². The number of aromatic hydroxyl groups is 2. The maximum Gasteiger partial charge on any atom is 0.335 e. The molecular weight excluding hydrogens is 482 g/mol. The molecule has 0 bridgehead atoms. The molecule has 1 aliphatic rings. The number of azo groups is 1. The highest BCUT2D eigenvalue weighted by Crippen LogP contribution is 2.41. The zero-order valence-corrected chi connectivity index (χ0v) is 20.5. The van der Waals surface area contributed by atoms with E-state index in [0.717, 1.165) is 16.7 Å². The summed E-state index contributed by atoms with van der Waals surface area (Å²) in [5.41, 5.74) is 4.65. The predicted octanol–water partition coefficient (Wildman–Crippen LogP) is 5.84. The van der Waals surface area contributed by atoms with Gasteiger partial charge in [-0.3, -0.25) is 0 Å². The molecule has 8 heteroatoms. The van der Waals surface area contributed by atoms with Crippen LogP contribution in [0.4, 0.5) is 11.4 Å². The van der Waals surface area contributed by atoms with Gasteiger partial charge in [0, 0.05) is 12.0 Å². The molecule has 0 fully saturated rings. The second kappa shape index (κ2) is 10.3. The Hall–Kier alpha value is -4.79. The summed E-state index contributed by atoms with van der Waals surface area (Å²) in [5, 5.41) is 52.4. The van der Waals surface area contributed by atoms with Gasteiger partial charge in [0.1, 0.15) is 17.4 Å². The third-order valence-electron chi connectivity index (χ3n) is 6.61. The van der Waals surface area contributed by atoms with Crippen molar-refractivity contribution >= 4 is 23.4 Å². The summed E-state index contributed by atoms with van der Waals surface area (Å²) in [7, 11) is 0. The van der Waals surface area contributed by atoms with Crippen LogP contribution in [0.2, 0.25) is 0 Å². The molecule has 1 heterocycles. The number of aryl methyl sites for hydroxylation is 1. The molecule has 0 saturated carbocycles. The van der Waals surface area contributed by atoms with Crippen LogP contribution in [0.1, 0.15) is 38.7 Å². The first kappa shape index (κ1) is 24.9. The van der Waals surface area contributed by atoms with Gasteiger partial charge >= 0.3 is 5.97 Å². The third-order valence-corrected chi connectivity index (χ3v) is 6.61. The van der Waals surface area contributed by atoms with Crippen LogP contribution >= 0.6 is 0 Å². The topological polar surface area (TPSA) is 130 Å². The maximum atomic E-state index is 12.8. The van der Waals surface area contributed by atoms with Crippen molar-refractivity contribution in [1.29, 1.82) is 0 Å². The van der Waals surface area contributed by atoms with E-state index in [2.05, 4.69) is 10.2 Å². The first-order chi connectivity index (χ1) is 18.3. The molecular formula is C30H25N3O5. The molecule has 2 unspecified atom stereocenters. The van der Waals surface area contributed by atoms with E-state index in [-0.39, 0.29) is 33.5 Å². The average molecular weight is 508 g/mol. The number of phenols is 2. The van der Waals surface area contributed by atoms with Crippen molar-refractivity contribution in [2.24, 2.45) is 10.2 Å². The largest absolute Gasteiger partial charge is 0.629 e. The number of nitrogens with zero attached hydrogens (tertiary/aromatic N) is 2. The summed E-state index contributed by atoms with van der Waals surface area (Å²) in [6.45, 7) is 2.00. The number of benzene rings is 4. The Labute approximate surface area is 219 Å². The molecule has 38 heavy (non-hydrogen) atoms. The molecule has 4 aromatic rings. The Morgan fingerprint density at radius 2 is 1.63 bits per heavy atom. The lowest BCUT2D eigenvalue weighted by Crippen LogP contribution is -3.03. The molecule has 2 atom stereocenters. The van der Waals surface area contributed by atoms with E-state index in [1.807, 2.05) is 31.2 Å². The lowest BCUT2D eigenvalue weighted by atomic mass is 9.91. The fraction of sp³-hybridized carbons (Fsp3) is 0.100. The van der Waals surface area contributed by atoms with E-state index >= 15 is 0 Å². The van der Waals surface area contributed by atoms with Crippen LogP contribution in [0.15, 0.2) is 95.3 Å². The van der Waals surface area contributed by atoms with Gasteiger partial charge in [0.25, 0.3) is 0 Å². The minimum Gasteiger partial charge on any atom is -0.629 e. The van der Waals surface area contributed by atoms with E-state index in [1.165, 1.54) is 18.3 Å². The number of carboxylic acid groups (broad SMARTS) is 1. The first-order valence-corrected chi connectivity index (χ1v) is 12.0. The van der Waals surface area contributed by atoms with Crippen LogP contribution in [0.25, 0.3) is 17.2 Å². The van der Waals surface area contributed by atoms with Gasteiger partial charge < -0.3 is 25.6 Å². The second-order valence-electron chi connectivity index (χ2n) is 9.17. The number of carboxylic acids is 1. The van der Waals surface area contributed by atoms with Gasteiger partial charge in [-0.2, -0.15) is 0 Å². The normalized spacial score (nSPS) is 16.5. The summed E-state index contributed by atoms with van der Waals surface area (Å²) in [6, 6.07) is 21.9. The number of fused-ring (bicyclic) bond motifs is 1. The summed E-state index contributed by atoms with van der Waals surface area (Å²) >= 11 is 0. The van der Waals surface area contributed by atoms with Gasteiger partial charge in [-0.25, -0.2) is 4.79 Å². The number of hydroxylamine groups is 2. The van der Waals surface area contributed by atoms with Crippen LogP contribution in [0.3, 0.4) is 0 Å². The fourth-order valence-electron chi connectivity index (χ4n) is 4.57. The number of rotatable bonds is 6. The lowest BCUT2D eigenvalue weighted by molar-refractivity contribution is -0.828. The molecule has 190 valence electrons. The van der Waals surface area contributed by atoms with Crippen LogP contribution in [-0.4, -0.2) is 21.3 Å². The van der Waals surface area contributed by atoms with Crippen LogP contribution in [-0.2, 0) is 6.42 Å². The van der Waals surface area contributed by atoms with Crippen LogP contribution < -0.4 is 5.06 Å². The van der Waals surface area contributed by atoms with E-state index in [9.17, 15) is 25.3 Å². The third kappa shape index (κ3) is 4.90. The molecule has 4 aromatic carbocycles. The van der Waals surface area contributed by atoms with Crippen LogP contribution in [0.5, 0.6) is 11.5 Å². The Morgan fingerprint density at radius 1 is 0.921 bits per heavy atom. The van der Waals surface area contributed by atoms with E-state index in [4.69, 9.17) is 0 Å². The smallest absolute Gasteiger partial charge is 0.335 e. The highest BCUT2D eigenvalue weighted by Gasteiger charge is 2.29. The van der Waals surface area contributed by atoms with Crippen molar-refractivity contribution < 1.29 is 25.2 Å². The van der Waals surface area contributed by atoms with Gasteiger partial charge in [-0.05, 0) is 54.0 Å². The minimum absolute atomic E-state index is 0.0942. The monoisotopic (exact) mass is 507 g/mol. The first-order valence-electron chi connectivity index (χ1n) is 12.0. The van der Waals surface area contributed by atoms with Crippen molar-refractivity contribution in [3.05, 3.63) is 118 Å². The van der Waals surface area contributed by atoms with Gasteiger partial charge in [0.2, 0.25) is 0 Å². The Kier molecular flexibility index (Phi) is 6.74. The van der Waals surface area contributed by atoms with Gasteiger partial charge in [-0.15, -0.1) is 10.2 Å². The quantitative estimate of drug-likeness (QED) is 0.192. The molecule has 4 N–H and O–H groups in total. The summed E-state index contributed by atoms with van der Waals surface area (Å²) in [4.78, 5) is 11.3. The number of quaternary nitrogens is 1.